The Morgan fingerprint density at radius 3 is 2.53 bits per heavy atom. The first-order valence-corrected chi connectivity index (χ1v) is 12.9. The van der Waals surface area contributed by atoms with Crippen molar-refractivity contribution in [2.45, 2.75) is 54.3 Å². The minimum Gasteiger partial charge on any atom is -0.469 e. The summed E-state index contributed by atoms with van der Waals surface area (Å²) >= 11 is 0. The van der Waals surface area contributed by atoms with Crippen LogP contribution in [-0.2, 0) is 25.7 Å². The number of sulfonamides is 1. The molecule has 7 nitrogen and oxygen atoms in total. The Labute approximate surface area is 196 Å². The van der Waals surface area contributed by atoms with Crippen molar-refractivity contribution in [1.82, 2.24) is 4.72 Å². The molecule has 1 aromatic carbocycles. The highest BCUT2D eigenvalue weighted by atomic mass is 32.2. The molecule has 2 unspecified atom stereocenters. The van der Waals surface area contributed by atoms with Gasteiger partial charge < -0.3 is 18.8 Å². The molecule has 5 rings (SSSR count). The molecule has 11 heteroatoms. The van der Waals surface area contributed by atoms with E-state index in [-0.39, 0.29) is 23.1 Å². The summed E-state index contributed by atoms with van der Waals surface area (Å²) in [4.78, 5) is 1.48. The van der Waals surface area contributed by atoms with Crippen LogP contribution in [0.5, 0.6) is 0 Å². The van der Waals surface area contributed by atoms with Gasteiger partial charge in [0.15, 0.2) is 0 Å². The van der Waals surface area contributed by atoms with Crippen LogP contribution in [-0.4, -0.2) is 53.0 Å². The van der Waals surface area contributed by atoms with Gasteiger partial charge in [0.25, 0.3) is 0 Å². The van der Waals surface area contributed by atoms with Crippen molar-refractivity contribution in [1.29, 1.82) is 0 Å². The number of hydrogen-bond donors (Lipinski definition) is 1. The molecule has 3 saturated heterocycles. The first-order chi connectivity index (χ1) is 16.2. The fraction of sp³-hybridized carbons (Fsp3) is 0.565. The molecule has 4 heterocycles. The first kappa shape index (κ1) is 23.7. The summed E-state index contributed by atoms with van der Waals surface area (Å²) < 4.78 is 86.9. The van der Waals surface area contributed by atoms with Gasteiger partial charge in [0.2, 0.25) is 10.0 Å². The van der Waals surface area contributed by atoms with Crippen LogP contribution in [0.4, 0.5) is 18.9 Å². The lowest BCUT2D eigenvalue weighted by atomic mass is 9.94. The second-order valence-corrected chi connectivity index (χ2v) is 10.8. The highest BCUT2D eigenvalue weighted by Gasteiger charge is 2.49. The maximum absolute atomic E-state index is 13.5. The third kappa shape index (κ3) is 4.46. The normalized spacial score (nSPS) is 26.6. The zero-order chi connectivity index (χ0) is 24.0. The molecule has 2 aromatic rings. The van der Waals surface area contributed by atoms with E-state index in [0.717, 1.165) is 17.9 Å². The largest absolute Gasteiger partial charge is 0.469 e. The van der Waals surface area contributed by atoms with E-state index in [2.05, 4.69) is 4.72 Å². The number of rotatable bonds is 5. The Hall–Kier alpha value is -2.08. The van der Waals surface area contributed by atoms with Gasteiger partial charge in [-0.1, -0.05) is 0 Å². The Kier molecular flexibility index (Phi) is 6.16. The minimum atomic E-state index is -4.66. The summed E-state index contributed by atoms with van der Waals surface area (Å²) in [7, 11) is -4.27. The number of alkyl halides is 3. The van der Waals surface area contributed by atoms with Crippen LogP contribution in [0.3, 0.4) is 0 Å². The highest BCUT2D eigenvalue weighted by Crippen LogP contribution is 2.39. The molecule has 3 aliphatic heterocycles. The molecule has 186 valence electrons. The van der Waals surface area contributed by atoms with E-state index in [1.807, 2.05) is 17.0 Å². The van der Waals surface area contributed by atoms with Gasteiger partial charge in [0, 0.05) is 38.6 Å². The fourth-order valence-corrected chi connectivity index (χ4v) is 6.80. The fourth-order valence-electron chi connectivity index (χ4n) is 5.21. The van der Waals surface area contributed by atoms with Gasteiger partial charge in [-0.05, 0) is 49.6 Å². The number of anilines is 1. The lowest BCUT2D eigenvalue weighted by Crippen LogP contribution is -2.50. The quantitative estimate of drug-likeness (QED) is 0.671. The number of furan rings is 1. The van der Waals surface area contributed by atoms with Crippen molar-refractivity contribution >= 4 is 15.7 Å². The average Bonchev–Trinajstić information content (AvgIpc) is 3.57. The van der Waals surface area contributed by atoms with Crippen molar-refractivity contribution in [3.8, 4) is 0 Å². The zero-order valence-corrected chi connectivity index (χ0v) is 19.3. The molecule has 3 aliphatic rings. The number of nitrogens with one attached hydrogen (secondary N) is 1. The molecule has 2 atom stereocenters. The van der Waals surface area contributed by atoms with Gasteiger partial charge in [-0.2, -0.15) is 13.2 Å². The van der Waals surface area contributed by atoms with Gasteiger partial charge in [0.05, 0.1) is 30.2 Å². The number of halogens is 3. The topological polar surface area (TPSA) is 81.0 Å². The lowest BCUT2D eigenvalue weighted by molar-refractivity contribution is -0.137. The maximum Gasteiger partial charge on any atom is 0.416 e. The smallest absolute Gasteiger partial charge is 0.416 e. The molecule has 1 spiro atoms. The van der Waals surface area contributed by atoms with E-state index in [4.69, 9.17) is 13.9 Å². The van der Waals surface area contributed by atoms with E-state index < -0.39 is 33.4 Å². The van der Waals surface area contributed by atoms with Gasteiger partial charge >= 0.3 is 6.18 Å². The summed E-state index contributed by atoms with van der Waals surface area (Å²) in [6, 6.07) is 6.12. The highest BCUT2D eigenvalue weighted by molar-refractivity contribution is 7.89. The van der Waals surface area contributed by atoms with Crippen LogP contribution in [0, 0.1) is 0 Å². The van der Waals surface area contributed by atoms with E-state index in [9.17, 15) is 21.6 Å². The van der Waals surface area contributed by atoms with E-state index in [1.54, 1.807) is 6.26 Å². The third-order valence-electron chi connectivity index (χ3n) is 7.10. The van der Waals surface area contributed by atoms with E-state index in [1.165, 1.54) is 6.07 Å². The van der Waals surface area contributed by atoms with Crippen molar-refractivity contribution in [2.75, 3.05) is 37.8 Å². The molecule has 0 radical (unpaired) electrons. The van der Waals surface area contributed by atoms with Crippen LogP contribution in [0.15, 0.2) is 45.9 Å². The third-order valence-corrected chi connectivity index (χ3v) is 8.60. The molecule has 0 aliphatic carbocycles. The van der Waals surface area contributed by atoms with E-state index >= 15 is 0 Å². The van der Waals surface area contributed by atoms with Crippen LogP contribution < -0.4 is 9.62 Å². The molecular weight excluding hydrogens is 473 g/mol. The number of piperidine rings is 1. The van der Waals surface area contributed by atoms with Crippen LogP contribution in [0.2, 0.25) is 0 Å². The lowest BCUT2D eigenvalue weighted by Gasteiger charge is -2.34. The zero-order valence-electron chi connectivity index (χ0n) is 18.5. The van der Waals surface area contributed by atoms with Gasteiger partial charge in [-0.25, -0.2) is 13.1 Å². The first-order valence-electron chi connectivity index (χ1n) is 11.4. The standard InChI is InChI=1S/C23H27F3N2O5S/c24-23(25,26)17-3-4-18(28-9-5-16(6-10-28)19-2-1-11-32-19)20(14-17)34(29,30)27-21-7-12-33-22(21)8-13-31-15-22/h1-4,11,14,16,21,27H,5-10,12-13,15H2. The van der Waals surface area contributed by atoms with Gasteiger partial charge in [-0.15, -0.1) is 0 Å². The molecule has 1 N–H and O–H groups in total. The Morgan fingerprint density at radius 1 is 1.09 bits per heavy atom. The monoisotopic (exact) mass is 500 g/mol. The number of nitrogens with zero attached hydrogens (tertiary/aromatic N) is 1. The number of ether oxygens (including phenoxy) is 2. The minimum absolute atomic E-state index is 0.191. The molecule has 1 aromatic heterocycles. The second kappa shape index (κ2) is 8.85. The SMILES string of the molecule is O=S(=O)(NC1CCOC12CCOC2)c1cc(C(F)(F)F)ccc1N1CCC(c2ccco2)CC1. The Morgan fingerprint density at radius 2 is 1.88 bits per heavy atom. The van der Waals surface area contributed by atoms with Crippen molar-refractivity contribution in [2.24, 2.45) is 0 Å². The molecule has 34 heavy (non-hydrogen) atoms. The molecule has 0 saturated carbocycles. The average molecular weight is 501 g/mol. The molecule has 3 fully saturated rings. The molecule has 0 amide bonds. The summed E-state index contributed by atoms with van der Waals surface area (Å²) in [5.41, 5.74) is -1.49. The summed E-state index contributed by atoms with van der Waals surface area (Å²) in [6.07, 6.45) is -0.660. The maximum atomic E-state index is 13.5. The Balaban J connectivity index is 1.44. The van der Waals surface area contributed by atoms with Gasteiger partial charge in [-0.3, -0.25) is 0 Å². The van der Waals surface area contributed by atoms with E-state index in [0.29, 0.717) is 52.0 Å². The van der Waals surface area contributed by atoms with Crippen molar-refractivity contribution < 1.29 is 35.5 Å². The van der Waals surface area contributed by atoms with Crippen LogP contribution in [0.1, 0.15) is 42.9 Å². The molecular formula is C23H27F3N2O5S. The van der Waals surface area contributed by atoms with Crippen LogP contribution >= 0.6 is 0 Å². The predicted octanol–water partition coefficient (Wildman–Crippen LogP) is 3.91. The predicted molar refractivity (Wildman–Crippen MR) is 117 cm³/mol. The number of benzene rings is 1. The van der Waals surface area contributed by atoms with Crippen molar-refractivity contribution in [3.63, 3.8) is 0 Å². The van der Waals surface area contributed by atoms with Gasteiger partial charge in [0.1, 0.15) is 16.3 Å². The number of hydrogen-bond acceptors (Lipinski definition) is 6. The molecule has 0 bridgehead atoms. The Bertz CT molecular complexity index is 1100. The van der Waals surface area contributed by atoms with Crippen LogP contribution in [0.25, 0.3) is 0 Å². The van der Waals surface area contributed by atoms with Crippen molar-refractivity contribution in [3.05, 3.63) is 47.9 Å². The summed E-state index contributed by atoms with van der Waals surface area (Å²) in [5, 5.41) is 0. The summed E-state index contributed by atoms with van der Waals surface area (Å²) in [6.45, 7) is 2.09. The second-order valence-electron chi connectivity index (χ2n) is 9.14. The summed E-state index contributed by atoms with van der Waals surface area (Å²) in [5.74, 6) is 1.06.